The van der Waals surface area contributed by atoms with Crippen molar-refractivity contribution >= 4 is 39.3 Å². The molecule has 0 fully saturated rings. The van der Waals surface area contributed by atoms with E-state index in [9.17, 15) is 9.90 Å². The van der Waals surface area contributed by atoms with Crippen LogP contribution in [0.2, 0.25) is 0 Å². The van der Waals surface area contributed by atoms with E-state index in [4.69, 9.17) is 0 Å². The minimum atomic E-state index is -0.911. The quantitative estimate of drug-likeness (QED) is 0.700. The Balaban J connectivity index is 2.20. The number of carboxylic acid groups (broad SMARTS) is 1. The molecule has 0 aliphatic carbocycles. The van der Waals surface area contributed by atoms with Crippen molar-refractivity contribution in [3.05, 3.63) is 42.4 Å². The second-order valence-electron chi connectivity index (χ2n) is 5.79. The molecule has 0 aliphatic heterocycles. The van der Waals surface area contributed by atoms with Crippen LogP contribution in [0.5, 0.6) is 0 Å². The van der Waals surface area contributed by atoms with Gasteiger partial charge in [-0.15, -0.1) is 11.8 Å². The van der Waals surface area contributed by atoms with Crippen molar-refractivity contribution in [2.75, 3.05) is 0 Å². The average molecular weight is 344 g/mol. The fourth-order valence-corrected chi connectivity index (χ4v) is 4.19. The maximum atomic E-state index is 11.5. The lowest BCUT2D eigenvalue weighted by Crippen LogP contribution is -2.26. The molecular weight excluding hydrogens is 328 g/mol. The number of hydrogen-bond acceptors (Lipinski definition) is 5. The maximum Gasteiger partial charge on any atom is 0.319 e. The highest BCUT2D eigenvalue weighted by Gasteiger charge is 2.30. The Labute approximate surface area is 142 Å². The summed E-state index contributed by atoms with van der Waals surface area (Å²) >= 11 is 2.77. The Hall–Kier alpha value is -1.92. The Morgan fingerprint density at radius 3 is 2.65 bits per heavy atom. The molecule has 0 spiro atoms. The van der Waals surface area contributed by atoms with Crippen LogP contribution in [0.15, 0.2) is 41.6 Å². The molecule has 3 aromatic rings. The number of carboxylic acids is 1. The van der Waals surface area contributed by atoms with E-state index >= 15 is 0 Å². The molecule has 118 valence electrons. The third-order valence-corrected chi connectivity index (χ3v) is 5.64. The Kier molecular flexibility index (Phi) is 4.12. The number of hydrogen-bond donors (Lipinski definition) is 1. The van der Waals surface area contributed by atoms with Crippen molar-refractivity contribution < 1.29 is 9.90 Å². The molecule has 0 unspecified atom stereocenters. The van der Waals surface area contributed by atoms with Gasteiger partial charge >= 0.3 is 5.97 Å². The first kappa shape index (κ1) is 16.0. The number of pyridine rings is 1. The van der Waals surface area contributed by atoms with Gasteiger partial charge < -0.3 is 5.11 Å². The van der Waals surface area contributed by atoms with Gasteiger partial charge in [-0.1, -0.05) is 12.1 Å². The first-order chi connectivity index (χ1) is 10.9. The molecule has 4 nitrogen and oxygen atoms in total. The minimum Gasteiger partial charge on any atom is -0.480 e. The van der Waals surface area contributed by atoms with Gasteiger partial charge in [-0.2, -0.15) is 4.37 Å². The molecule has 0 bridgehead atoms. The number of fused-ring (bicyclic) bond motifs is 1. The summed E-state index contributed by atoms with van der Waals surface area (Å²) in [7, 11) is 0. The minimum absolute atomic E-state index is 0.833. The van der Waals surface area contributed by atoms with Crippen LogP contribution >= 0.6 is 23.3 Å². The summed E-state index contributed by atoms with van der Waals surface area (Å²) in [6.07, 6.45) is 3.67. The first-order valence-corrected chi connectivity index (χ1v) is 8.70. The third-order valence-electron chi connectivity index (χ3n) is 3.57. The number of rotatable bonds is 4. The van der Waals surface area contributed by atoms with E-state index in [2.05, 4.69) is 9.36 Å². The number of thioether (sulfide) groups is 1. The number of nitrogens with zero attached hydrogens (tertiary/aromatic N) is 2. The van der Waals surface area contributed by atoms with Crippen LogP contribution in [-0.4, -0.2) is 25.2 Å². The second kappa shape index (κ2) is 5.94. The molecule has 3 rings (SSSR count). The molecule has 1 N–H and O–H groups in total. The molecule has 0 saturated heterocycles. The zero-order valence-corrected chi connectivity index (χ0v) is 14.7. The SMILES string of the molecule is Cc1ccc(-c2c(SC(C)(C)C(=O)O)ccc3cnsc23)cn1. The molecule has 0 atom stereocenters. The molecule has 0 aliphatic rings. The summed E-state index contributed by atoms with van der Waals surface area (Å²) in [4.78, 5) is 16.8. The van der Waals surface area contributed by atoms with E-state index in [-0.39, 0.29) is 0 Å². The summed E-state index contributed by atoms with van der Waals surface area (Å²) in [5, 5.41) is 10.5. The molecule has 2 heterocycles. The van der Waals surface area contributed by atoms with Gasteiger partial charge in [0.1, 0.15) is 4.75 Å². The van der Waals surface area contributed by atoms with Crippen molar-refractivity contribution in [3.8, 4) is 11.1 Å². The number of aromatic nitrogens is 2. The number of aliphatic carboxylic acids is 1. The molecule has 1 aromatic carbocycles. The van der Waals surface area contributed by atoms with Gasteiger partial charge in [-0.3, -0.25) is 9.78 Å². The number of aryl methyl sites for hydroxylation is 1. The summed E-state index contributed by atoms with van der Waals surface area (Å²) < 4.78 is 4.42. The van der Waals surface area contributed by atoms with E-state index < -0.39 is 10.7 Å². The van der Waals surface area contributed by atoms with Gasteiger partial charge in [0, 0.05) is 39.5 Å². The highest BCUT2D eigenvalue weighted by molar-refractivity contribution is 8.01. The van der Waals surface area contributed by atoms with Crippen molar-refractivity contribution in [3.63, 3.8) is 0 Å². The molecule has 23 heavy (non-hydrogen) atoms. The van der Waals surface area contributed by atoms with Gasteiger partial charge in [0.25, 0.3) is 0 Å². The van der Waals surface area contributed by atoms with Gasteiger partial charge in [-0.25, -0.2) is 0 Å². The summed E-state index contributed by atoms with van der Waals surface area (Å²) in [6, 6.07) is 7.95. The van der Waals surface area contributed by atoms with Crippen molar-refractivity contribution in [1.82, 2.24) is 9.36 Å². The zero-order valence-electron chi connectivity index (χ0n) is 13.0. The maximum absolute atomic E-state index is 11.5. The lowest BCUT2D eigenvalue weighted by atomic mass is 10.1. The van der Waals surface area contributed by atoms with E-state index in [0.717, 1.165) is 31.8 Å². The zero-order chi connectivity index (χ0) is 16.6. The van der Waals surface area contributed by atoms with Crippen LogP contribution in [-0.2, 0) is 4.79 Å². The second-order valence-corrected chi connectivity index (χ2v) is 8.25. The monoisotopic (exact) mass is 344 g/mol. The summed E-state index contributed by atoms with van der Waals surface area (Å²) in [5.41, 5.74) is 2.94. The highest BCUT2D eigenvalue weighted by Crippen LogP contribution is 2.43. The highest BCUT2D eigenvalue weighted by atomic mass is 32.2. The average Bonchev–Trinajstić information content (AvgIpc) is 2.96. The summed E-state index contributed by atoms with van der Waals surface area (Å²) in [6.45, 7) is 5.38. The van der Waals surface area contributed by atoms with Crippen LogP contribution in [0.25, 0.3) is 21.2 Å². The molecule has 2 aromatic heterocycles. The van der Waals surface area contributed by atoms with Crippen LogP contribution in [0.3, 0.4) is 0 Å². The smallest absolute Gasteiger partial charge is 0.319 e. The largest absolute Gasteiger partial charge is 0.480 e. The van der Waals surface area contributed by atoms with Crippen LogP contribution < -0.4 is 0 Å². The van der Waals surface area contributed by atoms with E-state index in [1.165, 1.54) is 23.3 Å². The number of benzene rings is 1. The van der Waals surface area contributed by atoms with Crippen molar-refractivity contribution in [2.45, 2.75) is 30.4 Å². The van der Waals surface area contributed by atoms with Gasteiger partial charge in [0.2, 0.25) is 0 Å². The Morgan fingerprint density at radius 1 is 1.22 bits per heavy atom. The Morgan fingerprint density at radius 2 is 2.00 bits per heavy atom. The lowest BCUT2D eigenvalue weighted by molar-refractivity contribution is -0.138. The molecule has 6 heteroatoms. The first-order valence-electron chi connectivity index (χ1n) is 7.11. The van der Waals surface area contributed by atoms with Crippen LogP contribution in [0.1, 0.15) is 19.5 Å². The van der Waals surface area contributed by atoms with Gasteiger partial charge in [0.15, 0.2) is 0 Å². The summed E-state index contributed by atoms with van der Waals surface area (Å²) in [5.74, 6) is -0.833. The molecular formula is C17H16N2O2S2. The Bertz CT molecular complexity index is 870. The van der Waals surface area contributed by atoms with Crippen LogP contribution in [0.4, 0.5) is 0 Å². The van der Waals surface area contributed by atoms with E-state index in [1.54, 1.807) is 13.8 Å². The van der Waals surface area contributed by atoms with Crippen LogP contribution in [0, 0.1) is 6.92 Å². The molecule has 0 amide bonds. The predicted molar refractivity (Wildman–Crippen MR) is 95.2 cm³/mol. The van der Waals surface area contributed by atoms with Crippen molar-refractivity contribution in [1.29, 1.82) is 0 Å². The van der Waals surface area contributed by atoms with E-state index in [1.807, 2.05) is 43.6 Å². The standard InChI is InChI=1S/C17H16N2O2S2/c1-10-4-5-11(8-18-10)14-13(22-17(2,3)16(20)21)7-6-12-9-19-23-15(12)14/h4-9H,1-3H3,(H,20,21). The topological polar surface area (TPSA) is 63.1 Å². The van der Waals surface area contributed by atoms with Gasteiger partial charge in [0.05, 0.1) is 4.70 Å². The van der Waals surface area contributed by atoms with Crippen molar-refractivity contribution in [2.24, 2.45) is 0 Å². The fraction of sp³-hybridized carbons (Fsp3) is 0.235. The molecule has 0 radical (unpaired) electrons. The predicted octanol–water partition coefficient (Wildman–Crippen LogP) is 4.62. The lowest BCUT2D eigenvalue weighted by Gasteiger charge is -2.20. The van der Waals surface area contributed by atoms with Gasteiger partial charge in [-0.05, 0) is 44.4 Å². The molecule has 0 saturated carbocycles. The number of carbonyl (C=O) groups is 1. The fourth-order valence-electron chi connectivity index (χ4n) is 2.21. The van der Waals surface area contributed by atoms with E-state index in [0.29, 0.717) is 0 Å². The third kappa shape index (κ3) is 3.09. The normalized spacial score (nSPS) is 11.8.